The highest BCUT2D eigenvalue weighted by atomic mass is 16.5. The molecule has 0 aliphatic rings. The molecule has 104 valence electrons. The normalized spacial score (nSPS) is 11.8. The second-order valence-corrected chi connectivity index (χ2v) is 4.61. The van der Waals surface area contributed by atoms with Crippen molar-refractivity contribution in [3.8, 4) is 11.8 Å². The highest BCUT2D eigenvalue weighted by Gasteiger charge is 2.20. The van der Waals surface area contributed by atoms with Crippen LogP contribution in [0.3, 0.4) is 0 Å². The average Bonchev–Trinajstić information content (AvgIpc) is 2.70. The maximum absolute atomic E-state index is 9.47. The zero-order valence-electron chi connectivity index (χ0n) is 12.1. The van der Waals surface area contributed by atoms with Crippen LogP contribution in [0.5, 0.6) is 5.75 Å². The summed E-state index contributed by atoms with van der Waals surface area (Å²) in [6.07, 6.45) is 0. The number of nitrogens with zero attached hydrogens (tertiary/aromatic N) is 3. The number of hydrogen-bond acceptors (Lipinski definition) is 4. The zero-order valence-corrected chi connectivity index (χ0v) is 12.1. The lowest BCUT2D eigenvalue weighted by atomic mass is 10.1. The van der Waals surface area contributed by atoms with Gasteiger partial charge in [0.15, 0.2) is 0 Å². The summed E-state index contributed by atoms with van der Waals surface area (Å²) in [6, 6.07) is 9.39. The molecule has 0 spiro atoms. The quantitative estimate of drug-likeness (QED) is 0.927. The van der Waals surface area contributed by atoms with Gasteiger partial charge in [-0.15, -0.1) is 0 Å². The maximum Gasteiger partial charge on any atom is 0.143 e. The van der Waals surface area contributed by atoms with Gasteiger partial charge in [0.05, 0.1) is 24.6 Å². The average molecular weight is 270 g/mol. The number of ether oxygens (including phenoxy) is 1. The second kappa shape index (κ2) is 5.66. The zero-order chi connectivity index (χ0) is 14.7. The van der Waals surface area contributed by atoms with Gasteiger partial charge in [0, 0.05) is 18.3 Å². The monoisotopic (exact) mass is 270 g/mol. The topological polar surface area (TPSA) is 62.9 Å². The van der Waals surface area contributed by atoms with E-state index in [4.69, 9.17) is 4.74 Å². The molecule has 0 saturated carbocycles. The number of aromatic nitrogens is 2. The van der Waals surface area contributed by atoms with Gasteiger partial charge in [0.1, 0.15) is 11.8 Å². The molecule has 2 aromatic rings. The Morgan fingerprint density at radius 2 is 2.05 bits per heavy atom. The van der Waals surface area contributed by atoms with Crippen LogP contribution in [0.4, 0.5) is 5.69 Å². The van der Waals surface area contributed by atoms with Crippen LogP contribution in [-0.4, -0.2) is 16.9 Å². The van der Waals surface area contributed by atoms with Crippen molar-refractivity contribution in [1.82, 2.24) is 9.78 Å². The van der Waals surface area contributed by atoms with Gasteiger partial charge in [0.2, 0.25) is 0 Å². The summed E-state index contributed by atoms with van der Waals surface area (Å²) in [4.78, 5) is 0. The molecule has 1 N–H and O–H groups in total. The molecule has 0 aliphatic carbocycles. The van der Waals surface area contributed by atoms with Crippen molar-refractivity contribution in [3.05, 3.63) is 41.2 Å². The molecule has 1 heterocycles. The third-order valence-corrected chi connectivity index (χ3v) is 3.39. The van der Waals surface area contributed by atoms with E-state index in [9.17, 15) is 5.26 Å². The first-order valence-electron chi connectivity index (χ1n) is 6.37. The Morgan fingerprint density at radius 3 is 2.60 bits per heavy atom. The van der Waals surface area contributed by atoms with Crippen LogP contribution in [0.1, 0.15) is 23.0 Å². The molecule has 1 atom stereocenters. The van der Waals surface area contributed by atoms with Crippen molar-refractivity contribution >= 4 is 5.69 Å². The molecule has 0 radical (unpaired) electrons. The van der Waals surface area contributed by atoms with Crippen LogP contribution in [0, 0.1) is 25.2 Å². The number of rotatable bonds is 4. The molecule has 0 bridgehead atoms. The van der Waals surface area contributed by atoms with Crippen molar-refractivity contribution in [1.29, 1.82) is 5.26 Å². The van der Waals surface area contributed by atoms with E-state index >= 15 is 0 Å². The van der Waals surface area contributed by atoms with Gasteiger partial charge < -0.3 is 10.1 Å². The molecule has 5 nitrogen and oxygen atoms in total. The fourth-order valence-electron chi connectivity index (χ4n) is 2.30. The van der Waals surface area contributed by atoms with Gasteiger partial charge in [-0.2, -0.15) is 10.4 Å². The fourth-order valence-corrected chi connectivity index (χ4v) is 2.30. The first-order valence-corrected chi connectivity index (χ1v) is 6.37. The minimum Gasteiger partial charge on any atom is -0.495 e. The molecule has 20 heavy (non-hydrogen) atoms. The van der Waals surface area contributed by atoms with E-state index in [1.165, 1.54) is 0 Å². The largest absolute Gasteiger partial charge is 0.495 e. The number of methoxy groups -OCH3 is 1. The predicted molar refractivity (Wildman–Crippen MR) is 77.7 cm³/mol. The van der Waals surface area contributed by atoms with E-state index in [-0.39, 0.29) is 0 Å². The van der Waals surface area contributed by atoms with Gasteiger partial charge >= 0.3 is 0 Å². The summed E-state index contributed by atoms with van der Waals surface area (Å²) in [6.45, 7) is 3.88. The van der Waals surface area contributed by atoms with Gasteiger partial charge in [-0.05, 0) is 26.0 Å². The van der Waals surface area contributed by atoms with Gasteiger partial charge in [-0.3, -0.25) is 4.68 Å². The van der Waals surface area contributed by atoms with E-state index in [0.29, 0.717) is 5.75 Å². The Balaban J connectivity index is 2.37. The van der Waals surface area contributed by atoms with Crippen LogP contribution in [0.2, 0.25) is 0 Å². The number of anilines is 1. The highest BCUT2D eigenvalue weighted by molar-refractivity contribution is 5.58. The Kier molecular flexibility index (Phi) is 3.94. The summed E-state index contributed by atoms with van der Waals surface area (Å²) in [5.41, 5.74) is 3.56. The molecule has 1 aromatic carbocycles. The smallest absolute Gasteiger partial charge is 0.143 e. The minimum atomic E-state index is -0.458. The van der Waals surface area contributed by atoms with E-state index in [0.717, 1.165) is 22.6 Å². The van der Waals surface area contributed by atoms with Gasteiger partial charge in [0.25, 0.3) is 0 Å². The fraction of sp³-hybridized carbons (Fsp3) is 0.333. The van der Waals surface area contributed by atoms with Gasteiger partial charge in [-0.25, -0.2) is 0 Å². The summed E-state index contributed by atoms with van der Waals surface area (Å²) >= 11 is 0. The minimum absolute atomic E-state index is 0.458. The van der Waals surface area contributed by atoms with Crippen LogP contribution >= 0.6 is 0 Å². The number of para-hydroxylation sites is 2. The number of aryl methyl sites for hydroxylation is 2. The Hall–Kier alpha value is -2.48. The molecule has 1 unspecified atom stereocenters. The summed E-state index contributed by atoms with van der Waals surface area (Å²) in [7, 11) is 3.49. The van der Waals surface area contributed by atoms with E-state index in [2.05, 4.69) is 16.5 Å². The maximum atomic E-state index is 9.47. The van der Waals surface area contributed by atoms with Crippen LogP contribution in [0.25, 0.3) is 0 Å². The first-order chi connectivity index (χ1) is 9.58. The third kappa shape index (κ3) is 2.45. The summed E-state index contributed by atoms with van der Waals surface area (Å²) in [5.74, 6) is 0.715. The molecule has 1 aromatic heterocycles. The molecule has 0 amide bonds. The summed E-state index contributed by atoms with van der Waals surface area (Å²) < 4.78 is 7.09. The van der Waals surface area contributed by atoms with Crippen molar-refractivity contribution in [3.63, 3.8) is 0 Å². The molecule has 0 saturated heterocycles. The molecule has 5 heteroatoms. The predicted octanol–water partition coefficient (Wildman–Crippen LogP) is 2.72. The van der Waals surface area contributed by atoms with Crippen molar-refractivity contribution in [2.24, 2.45) is 7.05 Å². The van der Waals surface area contributed by atoms with Crippen molar-refractivity contribution in [2.45, 2.75) is 19.9 Å². The standard InChI is InChI=1S/C15H18N4O/c1-10-15(11(2)19(3)18-10)13(9-16)17-12-7-5-6-8-14(12)20-4/h5-8,13,17H,1-4H3. The molecule has 0 fully saturated rings. The number of hydrogen-bond donors (Lipinski definition) is 1. The molecule has 0 aliphatic heterocycles. The van der Waals surface area contributed by atoms with E-state index < -0.39 is 6.04 Å². The first kappa shape index (κ1) is 13.9. The highest BCUT2D eigenvalue weighted by Crippen LogP contribution is 2.29. The number of nitriles is 1. The van der Waals surface area contributed by atoms with Crippen molar-refractivity contribution in [2.75, 3.05) is 12.4 Å². The van der Waals surface area contributed by atoms with Crippen LogP contribution in [0.15, 0.2) is 24.3 Å². The Labute approximate surface area is 118 Å². The lowest BCUT2D eigenvalue weighted by Gasteiger charge is -2.16. The van der Waals surface area contributed by atoms with E-state index in [1.54, 1.807) is 11.8 Å². The van der Waals surface area contributed by atoms with Crippen molar-refractivity contribution < 1.29 is 4.74 Å². The summed E-state index contributed by atoms with van der Waals surface area (Å²) in [5, 5.41) is 17.1. The van der Waals surface area contributed by atoms with Crippen LogP contribution in [-0.2, 0) is 7.05 Å². The number of nitrogens with one attached hydrogen (secondary N) is 1. The second-order valence-electron chi connectivity index (χ2n) is 4.61. The van der Waals surface area contributed by atoms with Gasteiger partial charge in [-0.1, -0.05) is 12.1 Å². The van der Waals surface area contributed by atoms with E-state index in [1.807, 2.05) is 45.2 Å². The Bertz CT molecular complexity index is 654. The van der Waals surface area contributed by atoms with Crippen LogP contribution < -0.4 is 10.1 Å². The lowest BCUT2D eigenvalue weighted by molar-refractivity contribution is 0.416. The molecular formula is C15H18N4O. The molecule has 2 rings (SSSR count). The molecular weight excluding hydrogens is 252 g/mol. The lowest BCUT2D eigenvalue weighted by Crippen LogP contribution is -2.11. The third-order valence-electron chi connectivity index (χ3n) is 3.39. The number of benzene rings is 1. The SMILES string of the molecule is COc1ccccc1NC(C#N)c1c(C)nn(C)c1C. The Morgan fingerprint density at radius 1 is 1.35 bits per heavy atom.